The third-order valence-electron chi connectivity index (χ3n) is 2.64. The number of nitrogens with zero attached hydrogens (tertiary/aromatic N) is 2. The maximum Gasteiger partial charge on any atom is 0.272 e. The highest BCUT2D eigenvalue weighted by Gasteiger charge is 2.13. The van der Waals surface area contributed by atoms with E-state index in [2.05, 4.69) is 0 Å². The molecule has 0 aliphatic rings. The van der Waals surface area contributed by atoms with Crippen LogP contribution in [0.4, 0.5) is 0 Å². The van der Waals surface area contributed by atoms with Crippen molar-refractivity contribution in [2.24, 2.45) is 7.05 Å². The van der Waals surface area contributed by atoms with Gasteiger partial charge in [-0.25, -0.2) is 0 Å². The lowest BCUT2D eigenvalue weighted by Crippen LogP contribution is -2.20. The Bertz CT molecular complexity index is 678. The summed E-state index contributed by atoms with van der Waals surface area (Å²) in [4.78, 5) is 11.7. The van der Waals surface area contributed by atoms with E-state index in [1.807, 2.05) is 13.0 Å². The van der Waals surface area contributed by atoms with Gasteiger partial charge in [0.2, 0.25) is 0 Å². The van der Waals surface area contributed by atoms with Gasteiger partial charge in [0, 0.05) is 12.4 Å². The molecule has 1 N–H and O–H groups in total. The first-order valence-corrected chi connectivity index (χ1v) is 4.78. The van der Waals surface area contributed by atoms with Crippen molar-refractivity contribution < 1.29 is 5.11 Å². The molecule has 0 amide bonds. The van der Waals surface area contributed by atoms with Crippen LogP contribution in [0.5, 0.6) is 5.75 Å². The topological polar surface area (TPSA) is 66.0 Å². The van der Waals surface area contributed by atoms with Crippen molar-refractivity contribution in [2.75, 3.05) is 0 Å². The fourth-order valence-electron chi connectivity index (χ4n) is 1.73. The Hall–Kier alpha value is -2.28. The van der Waals surface area contributed by atoms with E-state index < -0.39 is 5.56 Å². The van der Waals surface area contributed by atoms with E-state index >= 15 is 0 Å². The van der Waals surface area contributed by atoms with Crippen LogP contribution in [0.25, 0.3) is 10.9 Å². The molecule has 0 aliphatic carbocycles. The quantitative estimate of drug-likeness (QED) is 0.721. The number of rotatable bonds is 0. The number of aromatic hydroxyl groups is 1. The van der Waals surface area contributed by atoms with E-state index in [0.29, 0.717) is 10.9 Å². The van der Waals surface area contributed by atoms with E-state index in [9.17, 15) is 9.90 Å². The van der Waals surface area contributed by atoms with E-state index in [-0.39, 0.29) is 11.3 Å². The van der Waals surface area contributed by atoms with Crippen LogP contribution >= 0.6 is 0 Å². The van der Waals surface area contributed by atoms with Crippen molar-refractivity contribution in [3.05, 3.63) is 39.7 Å². The maximum absolute atomic E-state index is 11.7. The summed E-state index contributed by atoms with van der Waals surface area (Å²) in [6, 6.07) is 7.07. The van der Waals surface area contributed by atoms with Crippen LogP contribution in [0.1, 0.15) is 11.1 Å². The molecule has 2 rings (SSSR count). The highest BCUT2D eigenvalue weighted by Crippen LogP contribution is 2.25. The van der Waals surface area contributed by atoms with Crippen LogP contribution in [0.15, 0.2) is 23.0 Å². The predicted octanol–water partition coefficient (Wildman–Crippen LogP) is 1.42. The molecule has 0 fully saturated rings. The third-order valence-corrected chi connectivity index (χ3v) is 2.64. The van der Waals surface area contributed by atoms with Gasteiger partial charge in [0.15, 0.2) is 5.56 Å². The normalized spacial score (nSPS) is 10.3. The predicted molar refractivity (Wildman–Crippen MR) is 60.3 cm³/mol. The summed E-state index contributed by atoms with van der Waals surface area (Å²) in [5, 5.41) is 19.1. The molecule has 1 heterocycles. The molecule has 1 aromatic heterocycles. The number of benzene rings is 1. The van der Waals surface area contributed by atoms with Crippen molar-refractivity contribution in [3.63, 3.8) is 0 Å². The lowest BCUT2D eigenvalue weighted by Gasteiger charge is -2.08. The van der Waals surface area contributed by atoms with E-state index in [0.717, 1.165) is 5.56 Å². The molecule has 0 saturated carbocycles. The average molecular weight is 214 g/mol. The molecule has 0 aliphatic heterocycles. The van der Waals surface area contributed by atoms with Crippen molar-refractivity contribution in [1.29, 1.82) is 5.26 Å². The van der Waals surface area contributed by atoms with Gasteiger partial charge in [0.05, 0.1) is 5.52 Å². The standard InChI is InChI=1S/C12H10N2O2/c1-7-3-4-8-10(5-7)14(2)12(16)9(6-13)11(8)15/h3-5,15H,1-2H3. The smallest absolute Gasteiger partial charge is 0.272 e. The summed E-state index contributed by atoms with van der Waals surface area (Å²) in [7, 11) is 1.59. The fraction of sp³-hybridized carbons (Fsp3) is 0.167. The molecule has 4 heteroatoms. The Kier molecular flexibility index (Phi) is 2.17. The number of fused-ring (bicyclic) bond motifs is 1. The van der Waals surface area contributed by atoms with Crippen molar-refractivity contribution >= 4 is 10.9 Å². The summed E-state index contributed by atoms with van der Waals surface area (Å²) in [6.45, 7) is 1.90. The molecular weight excluding hydrogens is 204 g/mol. The van der Waals surface area contributed by atoms with Gasteiger partial charge in [-0.15, -0.1) is 0 Å². The summed E-state index contributed by atoms with van der Waals surface area (Å²) in [5.41, 5.74) is 0.935. The molecular formula is C12H10N2O2. The molecule has 2 aromatic rings. The summed E-state index contributed by atoms with van der Waals surface area (Å²) >= 11 is 0. The molecule has 1 aromatic carbocycles. The van der Waals surface area contributed by atoms with E-state index in [4.69, 9.17) is 5.26 Å². The van der Waals surface area contributed by atoms with Crippen LogP contribution in [0, 0.1) is 18.3 Å². The van der Waals surface area contributed by atoms with Crippen LogP contribution in [0.2, 0.25) is 0 Å². The Labute approximate surface area is 92.0 Å². The zero-order valence-electron chi connectivity index (χ0n) is 8.98. The van der Waals surface area contributed by atoms with Gasteiger partial charge in [-0.2, -0.15) is 5.26 Å². The van der Waals surface area contributed by atoms with Gasteiger partial charge in [-0.3, -0.25) is 4.79 Å². The minimum atomic E-state index is -0.474. The van der Waals surface area contributed by atoms with Crippen molar-refractivity contribution in [2.45, 2.75) is 6.92 Å². The van der Waals surface area contributed by atoms with Gasteiger partial charge in [0.25, 0.3) is 5.56 Å². The number of hydrogen-bond donors (Lipinski definition) is 1. The average Bonchev–Trinajstić information content (AvgIpc) is 2.27. The number of hydrogen-bond acceptors (Lipinski definition) is 3. The van der Waals surface area contributed by atoms with E-state index in [1.165, 1.54) is 4.57 Å². The monoisotopic (exact) mass is 214 g/mol. The van der Waals surface area contributed by atoms with Crippen LogP contribution in [0.3, 0.4) is 0 Å². The highest BCUT2D eigenvalue weighted by molar-refractivity contribution is 5.87. The first kappa shape index (κ1) is 10.2. The second-order valence-corrected chi connectivity index (χ2v) is 3.72. The van der Waals surface area contributed by atoms with Gasteiger partial charge in [-0.05, 0) is 24.6 Å². The van der Waals surface area contributed by atoms with Gasteiger partial charge >= 0.3 is 0 Å². The number of aromatic nitrogens is 1. The second kappa shape index (κ2) is 3.38. The van der Waals surface area contributed by atoms with Gasteiger partial charge in [-0.1, -0.05) is 6.07 Å². The van der Waals surface area contributed by atoms with E-state index in [1.54, 1.807) is 25.2 Å². The minimum Gasteiger partial charge on any atom is -0.506 e. The molecule has 0 spiro atoms. The largest absolute Gasteiger partial charge is 0.506 e. The summed E-state index contributed by atoms with van der Waals surface area (Å²) < 4.78 is 1.38. The summed E-state index contributed by atoms with van der Waals surface area (Å²) in [5.74, 6) is -0.236. The summed E-state index contributed by atoms with van der Waals surface area (Å²) in [6.07, 6.45) is 0. The maximum atomic E-state index is 11.7. The Balaban J connectivity index is 3.09. The van der Waals surface area contributed by atoms with Crippen LogP contribution in [-0.2, 0) is 7.05 Å². The Morgan fingerprint density at radius 3 is 2.75 bits per heavy atom. The van der Waals surface area contributed by atoms with Crippen molar-refractivity contribution in [3.8, 4) is 11.8 Å². The Morgan fingerprint density at radius 2 is 2.12 bits per heavy atom. The van der Waals surface area contributed by atoms with Crippen LogP contribution < -0.4 is 5.56 Å². The van der Waals surface area contributed by atoms with Gasteiger partial charge in [0.1, 0.15) is 11.8 Å². The molecule has 0 bridgehead atoms. The van der Waals surface area contributed by atoms with Crippen LogP contribution in [-0.4, -0.2) is 9.67 Å². The zero-order valence-corrected chi connectivity index (χ0v) is 8.98. The second-order valence-electron chi connectivity index (χ2n) is 3.72. The molecule has 4 nitrogen and oxygen atoms in total. The fourth-order valence-corrected chi connectivity index (χ4v) is 1.73. The molecule has 0 saturated heterocycles. The molecule has 0 atom stereocenters. The van der Waals surface area contributed by atoms with Crippen molar-refractivity contribution in [1.82, 2.24) is 4.57 Å². The first-order chi connectivity index (χ1) is 7.56. The first-order valence-electron chi connectivity index (χ1n) is 4.78. The lowest BCUT2D eigenvalue weighted by atomic mass is 10.1. The number of nitriles is 1. The molecule has 80 valence electrons. The number of aryl methyl sites for hydroxylation is 2. The third kappa shape index (κ3) is 1.26. The van der Waals surface area contributed by atoms with Gasteiger partial charge < -0.3 is 9.67 Å². The minimum absolute atomic E-state index is 0.209. The molecule has 16 heavy (non-hydrogen) atoms. The lowest BCUT2D eigenvalue weighted by molar-refractivity contribution is 0.477. The SMILES string of the molecule is Cc1ccc2c(O)c(C#N)c(=O)n(C)c2c1. The highest BCUT2D eigenvalue weighted by atomic mass is 16.3. The molecule has 0 radical (unpaired) electrons. The zero-order chi connectivity index (χ0) is 11.9. The Morgan fingerprint density at radius 1 is 1.44 bits per heavy atom. The number of pyridine rings is 1. The molecule has 0 unspecified atom stereocenters.